The Balaban J connectivity index is 2.99. The normalized spacial score (nSPS) is 12.1. The lowest BCUT2D eigenvalue weighted by Crippen LogP contribution is -2.17. The van der Waals surface area contributed by atoms with Crippen LogP contribution in [-0.2, 0) is 4.79 Å². The molecule has 2 heteroatoms. The molecular formula is C13H15NO. The van der Waals surface area contributed by atoms with Gasteiger partial charge in [0.15, 0.2) is 0 Å². The van der Waals surface area contributed by atoms with Crippen molar-refractivity contribution in [3.05, 3.63) is 41.5 Å². The molecule has 0 aliphatic heterocycles. The number of hydrogen-bond donors (Lipinski definition) is 0. The van der Waals surface area contributed by atoms with Crippen LogP contribution in [0, 0.1) is 0 Å². The Hall–Kier alpha value is -1.66. The van der Waals surface area contributed by atoms with Crippen LogP contribution in [0.4, 0.5) is 0 Å². The minimum absolute atomic E-state index is 0.475. The summed E-state index contributed by atoms with van der Waals surface area (Å²) < 4.78 is 0. The Morgan fingerprint density at radius 1 is 1.33 bits per heavy atom. The second-order valence-corrected chi connectivity index (χ2v) is 4.00. The van der Waals surface area contributed by atoms with Crippen LogP contribution >= 0.6 is 0 Å². The van der Waals surface area contributed by atoms with Crippen molar-refractivity contribution in [2.45, 2.75) is 26.3 Å². The lowest BCUT2D eigenvalue weighted by atomic mass is 9.94. The maximum Gasteiger partial charge on any atom is 0.235 e. The van der Waals surface area contributed by atoms with Crippen LogP contribution in [0.25, 0.3) is 6.08 Å². The summed E-state index contributed by atoms with van der Waals surface area (Å²) in [6.45, 7) is 5.76. The summed E-state index contributed by atoms with van der Waals surface area (Å²) in [5.41, 5.74) is 1.68. The van der Waals surface area contributed by atoms with E-state index in [4.69, 9.17) is 0 Å². The monoisotopic (exact) mass is 201 g/mol. The maximum absolute atomic E-state index is 10.3. The summed E-state index contributed by atoms with van der Waals surface area (Å²) in [4.78, 5) is 14.0. The van der Waals surface area contributed by atoms with Crippen molar-refractivity contribution in [2.75, 3.05) is 0 Å². The average molecular weight is 201 g/mol. The van der Waals surface area contributed by atoms with Gasteiger partial charge in [-0.1, -0.05) is 36.4 Å². The van der Waals surface area contributed by atoms with Crippen molar-refractivity contribution in [2.24, 2.45) is 4.99 Å². The highest BCUT2D eigenvalue weighted by Gasteiger charge is 2.18. The largest absolute Gasteiger partial charge is 0.235 e. The molecule has 0 N–H and O–H groups in total. The van der Waals surface area contributed by atoms with E-state index in [-0.39, 0.29) is 0 Å². The van der Waals surface area contributed by atoms with E-state index in [9.17, 15) is 4.79 Å². The fourth-order valence-corrected chi connectivity index (χ4v) is 1.18. The fourth-order valence-electron chi connectivity index (χ4n) is 1.18. The molecular weight excluding hydrogens is 186 g/mol. The van der Waals surface area contributed by atoms with E-state index in [2.05, 4.69) is 4.99 Å². The van der Waals surface area contributed by atoms with E-state index in [0.29, 0.717) is 0 Å². The first kappa shape index (κ1) is 11.4. The van der Waals surface area contributed by atoms with Crippen LogP contribution in [0.3, 0.4) is 0 Å². The van der Waals surface area contributed by atoms with Crippen LogP contribution in [-0.4, -0.2) is 11.6 Å². The number of carbonyl (C=O) groups excluding carboxylic acids is 1. The molecule has 0 aliphatic carbocycles. The van der Waals surface area contributed by atoms with Crippen LogP contribution in [0.1, 0.15) is 26.3 Å². The second-order valence-electron chi connectivity index (χ2n) is 4.00. The van der Waals surface area contributed by atoms with E-state index in [0.717, 1.165) is 11.1 Å². The van der Waals surface area contributed by atoms with Gasteiger partial charge in [-0.2, -0.15) is 4.99 Å². The van der Waals surface area contributed by atoms with Crippen LogP contribution in [0.15, 0.2) is 40.9 Å². The van der Waals surface area contributed by atoms with Crippen LogP contribution in [0.5, 0.6) is 0 Å². The van der Waals surface area contributed by atoms with Gasteiger partial charge in [0.1, 0.15) is 0 Å². The minimum Gasteiger partial charge on any atom is -0.211 e. The van der Waals surface area contributed by atoms with Crippen molar-refractivity contribution in [3.63, 3.8) is 0 Å². The Morgan fingerprint density at radius 3 is 2.47 bits per heavy atom. The predicted octanol–water partition coefficient (Wildman–Crippen LogP) is 3.20. The Labute approximate surface area is 90.4 Å². The predicted molar refractivity (Wildman–Crippen MR) is 62.3 cm³/mol. The van der Waals surface area contributed by atoms with E-state index >= 15 is 0 Å². The highest BCUT2D eigenvalue weighted by Crippen LogP contribution is 2.21. The second kappa shape index (κ2) is 4.72. The first-order chi connectivity index (χ1) is 7.06. The number of nitrogens with zero attached hydrogens (tertiary/aromatic N) is 1. The van der Waals surface area contributed by atoms with Crippen molar-refractivity contribution < 1.29 is 4.79 Å². The molecule has 0 spiro atoms. The summed E-state index contributed by atoms with van der Waals surface area (Å²) >= 11 is 0. The molecule has 0 amide bonds. The Morgan fingerprint density at radius 2 is 1.93 bits per heavy atom. The number of aliphatic imine (C=N–C) groups is 1. The van der Waals surface area contributed by atoms with Gasteiger partial charge >= 0.3 is 0 Å². The molecule has 1 aromatic carbocycles. The molecule has 0 radical (unpaired) electrons. The van der Waals surface area contributed by atoms with E-state index in [1.165, 1.54) is 0 Å². The summed E-state index contributed by atoms with van der Waals surface area (Å²) in [6.07, 6.45) is 3.64. The van der Waals surface area contributed by atoms with Crippen molar-refractivity contribution >= 4 is 12.2 Å². The third-order valence-electron chi connectivity index (χ3n) is 2.47. The van der Waals surface area contributed by atoms with Gasteiger partial charge in [-0.25, -0.2) is 4.79 Å². The van der Waals surface area contributed by atoms with Gasteiger partial charge in [-0.3, -0.25) is 0 Å². The standard InChI is InChI=1S/C13H15NO/c1-11(13(2,3)14-10-15)9-12-7-5-4-6-8-12/h4-9H,1-3H3/b11-9+. The molecule has 78 valence electrons. The van der Waals surface area contributed by atoms with E-state index in [1.54, 1.807) is 6.08 Å². The Kier molecular flexibility index (Phi) is 3.59. The molecule has 1 aromatic rings. The van der Waals surface area contributed by atoms with E-state index in [1.807, 2.05) is 57.2 Å². The summed E-state index contributed by atoms with van der Waals surface area (Å²) in [7, 11) is 0. The molecule has 0 aromatic heterocycles. The molecule has 1 rings (SSSR count). The molecule has 0 fully saturated rings. The zero-order valence-electron chi connectivity index (χ0n) is 9.32. The smallest absolute Gasteiger partial charge is 0.211 e. The van der Waals surface area contributed by atoms with Crippen molar-refractivity contribution in [1.82, 2.24) is 0 Å². The Bertz CT molecular complexity index is 398. The molecule has 0 atom stereocenters. The molecule has 0 aliphatic rings. The van der Waals surface area contributed by atoms with Crippen molar-refractivity contribution in [3.8, 4) is 0 Å². The first-order valence-corrected chi connectivity index (χ1v) is 4.89. The topological polar surface area (TPSA) is 29.4 Å². The zero-order valence-corrected chi connectivity index (χ0v) is 9.32. The lowest BCUT2D eigenvalue weighted by molar-refractivity contribution is 0.545. The molecule has 15 heavy (non-hydrogen) atoms. The van der Waals surface area contributed by atoms with Crippen LogP contribution in [0.2, 0.25) is 0 Å². The van der Waals surface area contributed by atoms with Gasteiger partial charge in [0.2, 0.25) is 6.08 Å². The first-order valence-electron chi connectivity index (χ1n) is 4.89. The van der Waals surface area contributed by atoms with Crippen LogP contribution < -0.4 is 0 Å². The maximum atomic E-state index is 10.3. The molecule has 0 saturated heterocycles. The van der Waals surface area contributed by atoms with Gasteiger partial charge in [-0.15, -0.1) is 0 Å². The highest BCUT2D eigenvalue weighted by atomic mass is 16.1. The zero-order chi connectivity index (χ0) is 11.3. The van der Waals surface area contributed by atoms with Gasteiger partial charge < -0.3 is 0 Å². The molecule has 0 bridgehead atoms. The fraction of sp³-hybridized carbons (Fsp3) is 0.308. The van der Waals surface area contributed by atoms with E-state index < -0.39 is 5.54 Å². The third kappa shape index (κ3) is 3.19. The molecule has 0 unspecified atom stereocenters. The highest BCUT2D eigenvalue weighted by molar-refractivity contribution is 5.55. The van der Waals surface area contributed by atoms with Gasteiger partial charge in [0, 0.05) is 0 Å². The molecule has 0 heterocycles. The lowest BCUT2D eigenvalue weighted by Gasteiger charge is -2.18. The SMILES string of the molecule is C/C(=C\c1ccccc1)C(C)(C)N=C=O. The molecule has 0 saturated carbocycles. The van der Waals surface area contributed by atoms with Gasteiger partial charge in [0.05, 0.1) is 5.54 Å². The number of hydrogen-bond acceptors (Lipinski definition) is 2. The van der Waals surface area contributed by atoms with Gasteiger partial charge in [0.25, 0.3) is 0 Å². The van der Waals surface area contributed by atoms with Gasteiger partial charge in [-0.05, 0) is 31.9 Å². The third-order valence-corrected chi connectivity index (χ3v) is 2.47. The number of benzene rings is 1. The number of isocyanates is 1. The minimum atomic E-state index is -0.475. The summed E-state index contributed by atoms with van der Waals surface area (Å²) in [5.74, 6) is 0. The average Bonchev–Trinajstić information content (AvgIpc) is 2.19. The van der Waals surface area contributed by atoms with Crippen molar-refractivity contribution in [1.29, 1.82) is 0 Å². The quantitative estimate of drug-likeness (QED) is 0.545. The summed E-state index contributed by atoms with van der Waals surface area (Å²) in [6, 6.07) is 9.97. The molecule has 2 nitrogen and oxygen atoms in total. The number of rotatable bonds is 3. The summed E-state index contributed by atoms with van der Waals surface area (Å²) in [5, 5.41) is 0.